The number of amides is 2. The summed E-state index contributed by atoms with van der Waals surface area (Å²) in [5.74, 6) is -32.9. The molecule has 0 aliphatic carbocycles. The van der Waals surface area contributed by atoms with Crippen molar-refractivity contribution < 1.29 is 44.7 Å². The lowest BCUT2D eigenvalue weighted by Crippen LogP contribution is -2.67. The van der Waals surface area contributed by atoms with Gasteiger partial charge in [-0.1, -0.05) is 60.7 Å². The number of nitrogens with zero attached hydrogens (tertiary/aromatic N) is 2. The van der Waals surface area contributed by atoms with Crippen LogP contribution in [-0.4, -0.2) is 45.5 Å². The van der Waals surface area contributed by atoms with E-state index >= 15 is 0 Å². The van der Waals surface area contributed by atoms with Gasteiger partial charge in [0.15, 0.2) is 10.3 Å². The van der Waals surface area contributed by atoms with Crippen LogP contribution in [0.15, 0.2) is 60.7 Å². The van der Waals surface area contributed by atoms with Crippen molar-refractivity contribution in [3.63, 3.8) is 0 Å². The van der Waals surface area contributed by atoms with Crippen LogP contribution in [0.4, 0.5) is 45.4 Å². The predicted octanol–water partition coefficient (Wildman–Crippen LogP) is 7.67. The molecule has 16 heteroatoms. The van der Waals surface area contributed by atoms with E-state index in [9.17, 15) is 44.7 Å². The van der Waals surface area contributed by atoms with Gasteiger partial charge in [-0.15, -0.1) is 22.7 Å². The van der Waals surface area contributed by atoms with Crippen LogP contribution in [-0.2, 0) is 9.59 Å². The molecule has 4 rings (SSSR count). The van der Waals surface area contributed by atoms with E-state index in [0.29, 0.717) is 43.6 Å². The zero-order chi connectivity index (χ0) is 31.1. The first kappa shape index (κ1) is 31.0. The Balaban J connectivity index is 1.54. The third-order valence-electron chi connectivity index (χ3n) is 5.88. The molecule has 0 aliphatic heterocycles. The molecule has 0 saturated heterocycles. The van der Waals surface area contributed by atoms with Gasteiger partial charge in [-0.25, -0.2) is 9.97 Å². The van der Waals surface area contributed by atoms with E-state index in [4.69, 9.17) is 0 Å². The number of alkyl halides is 8. The first-order valence-electron chi connectivity index (χ1n) is 11.7. The van der Waals surface area contributed by atoms with Gasteiger partial charge >= 0.3 is 35.5 Å². The van der Waals surface area contributed by atoms with Crippen LogP contribution >= 0.6 is 22.7 Å². The minimum atomic E-state index is -7.03. The molecule has 2 amide bonds. The first-order chi connectivity index (χ1) is 19.5. The summed E-state index contributed by atoms with van der Waals surface area (Å²) in [6.45, 7) is 2.92. The quantitative estimate of drug-likeness (QED) is 0.185. The minimum absolute atomic E-state index is 0.173. The van der Waals surface area contributed by atoms with E-state index < -0.39 is 45.8 Å². The van der Waals surface area contributed by atoms with Crippen molar-refractivity contribution in [1.29, 1.82) is 0 Å². The molecule has 0 spiro atoms. The van der Waals surface area contributed by atoms with E-state index in [-0.39, 0.29) is 11.4 Å². The molecule has 2 aromatic heterocycles. The summed E-state index contributed by atoms with van der Waals surface area (Å²) < 4.78 is 116. The molecular formula is C26H18F8N4O2S2. The Bertz CT molecular complexity index is 1490. The van der Waals surface area contributed by atoms with Crippen LogP contribution in [0.5, 0.6) is 0 Å². The zero-order valence-electron chi connectivity index (χ0n) is 21.3. The van der Waals surface area contributed by atoms with Crippen LogP contribution in [0, 0.1) is 13.8 Å². The molecule has 42 heavy (non-hydrogen) atoms. The molecule has 0 atom stereocenters. The van der Waals surface area contributed by atoms with Crippen molar-refractivity contribution in [1.82, 2.24) is 9.97 Å². The highest BCUT2D eigenvalue weighted by atomic mass is 32.1. The van der Waals surface area contributed by atoms with Gasteiger partial charge in [0, 0.05) is 20.9 Å². The third kappa shape index (κ3) is 5.35. The molecule has 2 aromatic carbocycles. The number of nitrogens with one attached hydrogen (secondary N) is 2. The molecule has 0 radical (unpaired) electrons. The van der Waals surface area contributed by atoms with E-state index in [0.717, 1.165) is 0 Å². The number of benzene rings is 2. The second-order valence-electron chi connectivity index (χ2n) is 8.79. The summed E-state index contributed by atoms with van der Waals surface area (Å²) in [6.07, 6.45) is 0. The maximum Gasteiger partial charge on any atom is 0.393 e. The number of hydrogen-bond acceptors (Lipinski definition) is 6. The summed E-state index contributed by atoms with van der Waals surface area (Å²) in [5, 5.41) is 1.23. The van der Waals surface area contributed by atoms with Crippen LogP contribution < -0.4 is 10.6 Å². The van der Waals surface area contributed by atoms with Crippen LogP contribution in [0.3, 0.4) is 0 Å². The summed E-state index contributed by atoms with van der Waals surface area (Å²) in [7, 11) is 0. The number of aryl methyl sites for hydroxylation is 2. The lowest BCUT2D eigenvalue weighted by atomic mass is 9.97. The maximum atomic E-state index is 14.5. The fourth-order valence-corrected chi connectivity index (χ4v) is 5.32. The average Bonchev–Trinajstić information content (AvgIpc) is 3.50. The molecule has 2 N–H and O–H groups in total. The number of carbonyl (C=O) groups excluding carboxylic acids is 2. The largest absolute Gasteiger partial charge is 0.393 e. The third-order valence-corrected chi connectivity index (χ3v) is 7.65. The van der Waals surface area contributed by atoms with Crippen molar-refractivity contribution in [3.05, 3.63) is 70.4 Å². The Morgan fingerprint density at radius 2 is 0.905 bits per heavy atom. The molecule has 0 aliphatic rings. The molecule has 0 fully saturated rings. The van der Waals surface area contributed by atoms with Gasteiger partial charge in [0.2, 0.25) is 0 Å². The molecular weight excluding hydrogens is 616 g/mol. The fraction of sp³-hybridized carbons (Fsp3) is 0.231. The van der Waals surface area contributed by atoms with Gasteiger partial charge in [0.05, 0.1) is 11.4 Å². The average molecular weight is 635 g/mol. The Kier molecular flexibility index (Phi) is 8.17. The van der Waals surface area contributed by atoms with E-state index in [1.165, 1.54) is 24.5 Å². The van der Waals surface area contributed by atoms with Crippen molar-refractivity contribution in [3.8, 4) is 22.5 Å². The van der Waals surface area contributed by atoms with Crippen molar-refractivity contribution in [2.24, 2.45) is 0 Å². The topological polar surface area (TPSA) is 84.0 Å². The van der Waals surface area contributed by atoms with Crippen LogP contribution in [0.1, 0.15) is 9.75 Å². The maximum absolute atomic E-state index is 14.5. The summed E-state index contributed by atoms with van der Waals surface area (Å²) in [5.41, 5.74) is 1.28. The molecule has 6 nitrogen and oxygen atoms in total. The number of aromatic nitrogens is 2. The summed E-state index contributed by atoms with van der Waals surface area (Å²) in [6, 6.07) is 16.0. The van der Waals surface area contributed by atoms with E-state index in [1.807, 2.05) is 0 Å². The van der Waals surface area contributed by atoms with Crippen molar-refractivity contribution in [2.45, 2.75) is 37.5 Å². The van der Waals surface area contributed by atoms with Gasteiger partial charge in [-0.2, -0.15) is 35.1 Å². The van der Waals surface area contributed by atoms with Gasteiger partial charge in [0.25, 0.3) is 0 Å². The number of hydrogen-bond donors (Lipinski definition) is 2. The number of rotatable bonds is 9. The Labute approximate surface area is 240 Å². The molecule has 2 heterocycles. The number of carbonyl (C=O) groups is 2. The van der Waals surface area contributed by atoms with E-state index in [2.05, 4.69) is 9.97 Å². The van der Waals surface area contributed by atoms with Crippen molar-refractivity contribution in [2.75, 3.05) is 10.6 Å². The highest BCUT2D eigenvalue weighted by Gasteiger charge is 2.84. The molecule has 0 bridgehead atoms. The minimum Gasteiger partial charge on any atom is -0.296 e. The monoisotopic (exact) mass is 634 g/mol. The molecule has 0 unspecified atom stereocenters. The lowest BCUT2D eigenvalue weighted by molar-refractivity contribution is -0.345. The SMILES string of the molecule is Cc1sc(NC(=O)C(F)(F)C(F)(F)C(F)(F)C(F)(F)C(=O)Nc2nc(-c3ccccc3)c(C)s2)nc1-c1ccccc1. The number of anilines is 2. The number of thiazole rings is 2. The zero-order valence-corrected chi connectivity index (χ0v) is 23.0. The Hall–Kier alpha value is -3.92. The van der Waals surface area contributed by atoms with Gasteiger partial charge in [-0.05, 0) is 13.8 Å². The standard InChI is InChI=1S/C26H18F8N4O2S2/c1-13-17(15-9-5-3-6-10-15)35-21(41-13)37-19(39)23(27,28)25(31,32)26(33,34)24(29,30)20(40)38-22-36-18(14(2)42-22)16-11-7-4-8-12-16/h3-12H,1-2H3,(H,35,37,39)(H,36,38,40). The summed E-state index contributed by atoms with van der Waals surface area (Å²) in [4.78, 5) is 32.5. The predicted molar refractivity (Wildman–Crippen MR) is 142 cm³/mol. The molecule has 222 valence electrons. The fourth-order valence-electron chi connectivity index (χ4n) is 3.66. The van der Waals surface area contributed by atoms with Gasteiger partial charge in [-0.3, -0.25) is 20.2 Å². The highest BCUT2D eigenvalue weighted by Crippen LogP contribution is 2.53. The smallest absolute Gasteiger partial charge is 0.296 e. The summed E-state index contributed by atoms with van der Waals surface area (Å²) >= 11 is 1.12. The Morgan fingerprint density at radius 1 is 0.595 bits per heavy atom. The van der Waals surface area contributed by atoms with Crippen molar-refractivity contribution >= 4 is 44.8 Å². The lowest BCUT2D eigenvalue weighted by Gasteiger charge is -2.35. The highest BCUT2D eigenvalue weighted by molar-refractivity contribution is 7.16. The molecule has 0 saturated carbocycles. The second-order valence-corrected chi connectivity index (χ2v) is 11.2. The van der Waals surface area contributed by atoms with E-state index in [1.54, 1.807) is 60.7 Å². The van der Waals surface area contributed by atoms with Crippen LogP contribution in [0.25, 0.3) is 22.5 Å². The van der Waals surface area contributed by atoms with Gasteiger partial charge < -0.3 is 0 Å². The second kappa shape index (κ2) is 11.1. The first-order valence-corrected chi connectivity index (χ1v) is 13.3. The van der Waals surface area contributed by atoms with Crippen LogP contribution in [0.2, 0.25) is 0 Å². The van der Waals surface area contributed by atoms with Gasteiger partial charge in [0.1, 0.15) is 0 Å². The Morgan fingerprint density at radius 3 is 1.21 bits per heavy atom. The normalized spacial score (nSPS) is 12.7. The molecule has 4 aromatic rings. The number of halogens is 8.